The zero-order valence-corrected chi connectivity index (χ0v) is 16.4. The lowest BCUT2D eigenvalue weighted by atomic mass is 9.98. The van der Waals surface area contributed by atoms with Crippen LogP contribution < -0.4 is 5.32 Å². The number of nitrogens with one attached hydrogen (secondary N) is 2. The highest BCUT2D eigenvalue weighted by Crippen LogP contribution is 2.25. The lowest BCUT2D eigenvalue weighted by molar-refractivity contribution is 0.0937. The molecule has 7 heteroatoms. The summed E-state index contributed by atoms with van der Waals surface area (Å²) in [6.45, 7) is 0. The number of rotatable bonds is 5. The number of nitrogens with zero attached hydrogens (tertiary/aromatic N) is 3. The van der Waals surface area contributed by atoms with Gasteiger partial charge in [0.15, 0.2) is 5.69 Å². The van der Waals surface area contributed by atoms with Crippen LogP contribution >= 0.6 is 0 Å². The second-order valence-corrected chi connectivity index (χ2v) is 7.12. The maximum atomic E-state index is 13.2. The van der Waals surface area contributed by atoms with Gasteiger partial charge in [-0.2, -0.15) is 5.10 Å². The van der Waals surface area contributed by atoms with Crippen LogP contribution in [-0.2, 0) is 0 Å². The molecular formula is C24H18FN5O. The zero-order chi connectivity index (χ0) is 21.2. The highest BCUT2D eigenvalue weighted by atomic mass is 19.1. The minimum atomic E-state index is -0.364. The van der Waals surface area contributed by atoms with E-state index in [1.165, 1.54) is 12.1 Å². The number of carbonyl (C=O) groups excluding carboxylic acids is 1. The molecule has 152 valence electrons. The van der Waals surface area contributed by atoms with Crippen molar-refractivity contribution in [3.05, 3.63) is 114 Å². The summed E-state index contributed by atoms with van der Waals surface area (Å²) < 4.78 is 14.7. The number of fused-ring (bicyclic) bond motifs is 1. The van der Waals surface area contributed by atoms with Gasteiger partial charge in [0.1, 0.15) is 5.82 Å². The van der Waals surface area contributed by atoms with Gasteiger partial charge in [-0.15, -0.1) is 0 Å². The average Bonchev–Trinajstić information content (AvgIpc) is 3.48. The van der Waals surface area contributed by atoms with Gasteiger partial charge in [0.05, 0.1) is 29.1 Å². The highest BCUT2D eigenvalue weighted by molar-refractivity contribution is 5.93. The Kier molecular flexibility index (Phi) is 4.76. The molecule has 0 saturated carbocycles. The van der Waals surface area contributed by atoms with Gasteiger partial charge in [0.2, 0.25) is 0 Å². The number of imidazole rings is 1. The number of H-pyrrole nitrogens is 1. The maximum absolute atomic E-state index is 13.2. The van der Waals surface area contributed by atoms with Crippen LogP contribution in [0.15, 0.2) is 91.4 Å². The van der Waals surface area contributed by atoms with Gasteiger partial charge in [-0.25, -0.2) is 14.1 Å². The van der Waals surface area contributed by atoms with Crippen LogP contribution in [0.4, 0.5) is 4.39 Å². The molecule has 0 radical (unpaired) electrons. The Morgan fingerprint density at radius 2 is 1.77 bits per heavy atom. The van der Waals surface area contributed by atoms with E-state index in [-0.39, 0.29) is 23.5 Å². The Morgan fingerprint density at radius 1 is 0.968 bits per heavy atom. The standard InChI is InChI=1S/C24H18FN5O/c25-18-7-9-19(10-8-18)30-13-12-21(29-30)24(31)28-23(16-4-2-1-3-5-16)17-6-11-20-22(14-17)27-15-26-20/h1-15,23H,(H,26,27)(H,28,31). The lowest BCUT2D eigenvalue weighted by Crippen LogP contribution is -2.29. The first-order valence-corrected chi connectivity index (χ1v) is 9.78. The van der Waals surface area contributed by atoms with E-state index >= 15 is 0 Å². The molecule has 6 nitrogen and oxygen atoms in total. The van der Waals surface area contributed by atoms with E-state index in [0.717, 1.165) is 22.2 Å². The molecule has 0 bridgehead atoms. The molecule has 0 aliphatic rings. The van der Waals surface area contributed by atoms with Gasteiger partial charge in [0.25, 0.3) is 5.91 Å². The number of halogens is 1. The molecule has 2 aromatic heterocycles. The molecule has 0 aliphatic carbocycles. The molecule has 2 heterocycles. The fourth-order valence-corrected chi connectivity index (χ4v) is 3.53. The van der Waals surface area contributed by atoms with Crippen molar-refractivity contribution >= 4 is 16.9 Å². The molecule has 1 unspecified atom stereocenters. The molecule has 0 saturated heterocycles. The summed E-state index contributed by atoms with van der Waals surface area (Å²) in [5.41, 5.74) is 4.58. The Labute approximate surface area is 177 Å². The van der Waals surface area contributed by atoms with E-state index in [0.29, 0.717) is 5.69 Å². The number of aromatic nitrogens is 4. The molecule has 1 atom stereocenters. The molecule has 5 aromatic rings. The Morgan fingerprint density at radius 3 is 2.58 bits per heavy atom. The van der Waals surface area contributed by atoms with Crippen molar-refractivity contribution < 1.29 is 9.18 Å². The molecule has 5 rings (SSSR count). The van der Waals surface area contributed by atoms with E-state index in [9.17, 15) is 9.18 Å². The molecule has 1 amide bonds. The van der Waals surface area contributed by atoms with Crippen molar-refractivity contribution in [2.75, 3.05) is 0 Å². The fraction of sp³-hybridized carbons (Fsp3) is 0.0417. The molecule has 0 aliphatic heterocycles. The van der Waals surface area contributed by atoms with Crippen molar-refractivity contribution in [3.63, 3.8) is 0 Å². The molecule has 31 heavy (non-hydrogen) atoms. The minimum Gasteiger partial charge on any atom is -0.345 e. The van der Waals surface area contributed by atoms with Crippen LogP contribution in [0.3, 0.4) is 0 Å². The summed E-state index contributed by atoms with van der Waals surface area (Å²) in [6, 6.07) is 22.8. The van der Waals surface area contributed by atoms with E-state index in [4.69, 9.17) is 0 Å². The zero-order valence-electron chi connectivity index (χ0n) is 16.4. The van der Waals surface area contributed by atoms with Gasteiger partial charge in [-0.3, -0.25) is 4.79 Å². The molecular weight excluding hydrogens is 393 g/mol. The van der Waals surface area contributed by atoms with Crippen molar-refractivity contribution in [3.8, 4) is 5.69 Å². The quantitative estimate of drug-likeness (QED) is 0.450. The van der Waals surface area contributed by atoms with E-state index in [1.54, 1.807) is 35.4 Å². The number of amides is 1. The van der Waals surface area contributed by atoms with E-state index in [2.05, 4.69) is 20.4 Å². The molecule has 3 aromatic carbocycles. The van der Waals surface area contributed by atoms with E-state index < -0.39 is 0 Å². The summed E-state index contributed by atoms with van der Waals surface area (Å²) >= 11 is 0. The molecule has 0 spiro atoms. The van der Waals surface area contributed by atoms with Crippen molar-refractivity contribution in [2.24, 2.45) is 0 Å². The van der Waals surface area contributed by atoms with Crippen LogP contribution in [0.2, 0.25) is 0 Å². The van der Waals surface area contributed by atoms with Crippen LogP contribution in [0.5, 0.6) is 0 Å². The fourth-order valence-electron chi connectivity index (χ4n) is 3.53. The first kappa shape index (κ1) is 18.7. The molecule has 2 N–H and O–H groups in total. The van der Waals surface area contributed by atoms with Crippen LogP contribution in [0.25, 0.3) is 16.7 Å². The largest absolute Gasteiger partial charge is 0.345 e. The predicted molar refractivity (Wildman–Crippen MR) is 115 cm³/mol. The number of benzene rings is 3. The summed E-state index contributed by atoms with van der Waals surface area (Å²) in [4.78, 5) is 20.4. The Balaban J connectivity index is 1.45. The summed E-state index contributed by atoms with van der Waals surface area (Å²) in [7, 11) is 0. The Bertz CT molecular complexity index is 1340. The number of aromatic amines is 1. The monoisotopic (exact) mass is 411 g/mol. The third kappa shape index (κ3) is 3.81. The third-order valence-corrected chi connectivity index (χ3v) is 5.10. The second-order valence-electron chi connectivity index (χ2n) is 7.12. The first-order chi connectivity index (χ1) is 15.2. The lowest BCUT2D eigenvalue weighted by Gasteiger charge is -2.19. The van der Waals surface area contributed by atoms with Crippen molar-refractivity contribution in [1.29, 1.82) is 0 Å². The Hall–Kier alpha value is -4.26. The smallest absolute Gasteiger partial charge is 0.272 e. The predicted octanol–water partition coefficient (Wildman–Crippen LogP) is 4.41. The first-order valence-electron chi connectivity index (χ1n) is 9.78. The van der Waals surface area contributed by atoms with Gasteiger partial charge in [-0.05, 0) is 53.6 Å². The summed E-state index contributed by atoms with van der Waals surface area (Å²) in [6.07, 6.45) is 3.32. The minimum absolute atomic E-state index is 0.271. The van der Waals surface area contributed by atoms with Crippen LogP contribution in [0.1, 0.15) is 27.7 Å². The maximum Gasteiger partial charge on any atom is 0.272 e. The topological polar surface area (TPSA) is 75.6 Å². The SMILES string of the molecule is O=C(NC(c1ccccc1)c1ccc2nc[nH]c2c1)c1ccn(-c2ccc(F)cc2)n1. The van der Waals surface area contributed by atoms with Crippen LogP contribution in [0, 0.1) is 5.82 Å². The molecule has 0 fully saturated rings. The van der Waals surface area contributed by atoms with Gasteiger partial charge in [0, 0.05) is 6.20 Å². The summed E-state index contributed by atoms with van der Waals surface area (Å²) in [5, 5.41) is 7.45. The normalized spacial score (nSPS) is 12.0. The van der Waals surface area contributed by atoms with Crippen molar-refractivity contribution in [1.82, 2.24) is 25.1 Å². The number of carbonyl (C=O) groups is 1. The van der Waals surface area contributed by atoms with Gasteiger partial charge < -0.3 is 10.3 Å². The summed E-state index contributed by atoms with van der Waals surface area (Å²) in [5.74, 6) is -0.631. The number of hydrogen-bond donors (Lipinski definition) is 2. The average molecular weight is 411 g/mol. The van der Waals surface area contributed by atoms with Gasteiger partial charge in [-0.1, -0.05) is 36.4 Å². The van der Waals surface area contributed by atoms with E-state index in [1.807, 2.05) is 48.5 Å². The highest BCUT2D eigenvalue weighted by Gasteiger charge is 2.20. The number of hydrogen-bond acceptors (Lipinski definition) is 3. The van der Waals surface area contributed by atoms with Crippen molar-refractivity contribution in [2.45, 2.75) is 6.04 Å². The van der Waals surface area contributed by atoms with Crippen LogP contribution in [-0.4, -0.2) is 25.7 Å². The second kappa shape index (κ2) is 7.87. The van der Waals surface area contributed by atoms with Gasteiger partial charge >= 0.3 is 0 Å². The third-order valence-electron chi connectivity index (χ3n) is 5.10.